The van der Waals surface area contributed by atoms with E-state index in [-0.39, 0.29) is 11.7 Å². The summed E-state index contributed by atoms with van der Waals surface area (Å²) in [5.74, 6) is 0.849. The summed E-state index contributed by atoms with van der Waals surface area (Å²) in [6, 6.07) is 23.2. The molecule has 0 atom stereocenters. The average Bonchev–Trinajstić information content (AvgIpc) is 3.27. The maximum atomic E-state index is 12.6. The van der Waals surface area contributed by atoms with Gasteiger partial charge in [0, 0.05) is 22.7 Å². The van der Waals surface area contributed by atoms with Crippen molar-refractivity contribution in [2.75, 3.05) is 18.2 Å². The molecule has 0 saturated heterocycles. The predicted molar refractivity (Wildman–Crippen MR) is 128 cm³/mol. The van der Waals surface area contributed by atoms with E-state index in [2.05, 4.69) is 27.6 Å². The van der Waals surface area contributed by atoms with Gasteiger partial charge < -0.3 is 10.1 Å². The maximum absolute atomic E-state index is 12.6. The van der Waals surface area contributed by atoms with Gasteiger partial charge in [-0.3, -0.25) is 9.36 Å². The summed E-state index contributed by atoms with van der Waals surface area (Å²) in [6.45, 7) is 0. The van der Waals surface area contributed by atoms with Crippen LogP contribution in [0.3, 0.4) is 0 Å². The van der Waals surface area contributed by atoms with E-state index in [4.69, 9.17) is 16.3 Å². The minimum absolute atomic E-state index is 0.133. The Morgan fingerprint density at radius 1 is 1.09 bits per heavy atom. The number of halogens is 1. The van der Waals surface area contributed by atoms with Gasteiger partial charge in [0.25, 0.3) is 0 Å². The number of amides is 1. The van der Waals surface area contributed by atoms with Gasteiger partial charge in [0.1, 0.15) is 12.1 Å². The van der Waals surface area contributed by atoms with E-state index in [1.807, 2.05) is 54.6 Å². The number of hydrogen-bond donors (Lipinski definition) is 1. The monoisotopic (exact) mass is 464 g/mol. The molecule has 0 aliphatic rings. The first kappa shape index (κ1) is 21.9. The van der Waals surface area contributed by atoms with Crippen LogP contribution in [0.4, 0.5) is 5.69 Å². The zero-order chi connectivity index (χ0) is 22.3. The highest BCUT2D eigenvalue weighted by molar-refractivity contribution is 7.99. The zero-order valence-electron chi connectivity index (χ0n) is 17.4. The van der Waals surface area contributed by atoms with E-state index in [9.17, 15) is 4.79 Å². The molecular weight excluding hydrogens is 444 g/mol. The van der Waals surface area contributed by atoms with E-state index in [1.54, 1.807) is 24.1 Å². The van der Waals surface area contributed by atoms with E-state index < -0.39 is 0 Å². The van der Waals surface area contributed by atoms with Gasteiger partial charge in [-0.05, 0) is 42.0 Å². The molecule has 0 aliphatic carbocycles. The minimum atomic E-state index is -0.133. The number of aromatic nitrogens is 3. The van der Waals surface area contributed by atoms with E-state index >= 15 is 0 Å². The molecule has 3 aromatic carbocycles. The Hall–Kier alpha value is -3.29. The number of anilines is 1. The number of nitrogens with one attached hydrogen (secondary N) is 1. The maximum Gasteiger partial charge on any atom is 0.234 e. The second-order valence-corrected chi connectivity index (χ2v) is 8.37. The molecule has 1 aromatic heterocycles. The Balaban J connectivity index is 1.42. The first-order valence-corrected chi connectivity index (χ1v) is 11.3. The highest BCUT2D eigenvalue weighted by Crippen LogP contribution is 2.26. The normalized spacial score (nSPS) is 10.7. The second-order valence-electron chi connectivity index (χ2n) is 6.99. The lowest BCUT2D eigenvalue weighted by molar-refractivity contribution is -0.113. The Bertz CT molecular complexity index is 1210. The number of rotatable bonds is 8. The number of nitrogens with zero attached hydrogens (tertiary/aromatic N) is 3. The molecule has 0 saturated carbocycles. The third-order valence-electron chi connectivity index (χ3n) is 4.74. The van der Waals surface area contributed by atoms with Crippen LogP contribution in [0.1, 0.15) is 11.1 Å². The molecule has 0 spiro atoms. The summed E-state index contributed by atoms with van der Waals surface area (Å²) in [5.41, 5.74) is 3.74. The van der Waals surface area contributed by atoms with Crippen molar-refractivity contribution in [1.82, 2.24) is 14.8 Å². The number of carbonyl (C=O) groups excluding carboxylic acids is 1. The predicted octanol–water partition coefficient (Wildman–Crippen LogP) is 5.25. The van der Waals surface area contributed by atoms with Crippen LogP contribution in [0.2, 0.25) is 5.02 Å². The van der Waals surface area contributed by atoms with Crippen LogP contribution < -0.4 is 10.1 Å². The summed E-state index contributed by atoms with van der Waals surface area (Å²) in [4.78, 5) is 12.6. The summed E-state index contributed by atoms with van der Waals surface area (Å²) >= 11 is 7.39. The fraction of sp³-hybridized carbons (Fsp3) is 0.125. The number of thioether (sulfide) groups is 1. The molecule has 32 heavy (non-hydrogen) atoms. The van der Waals surface area contributed by atoms with Crippen LogP contribution in [-0.4, -0.2) is 33.5 Å². The highest BCUT2D eigenvalue weighted by Gasteiger charge is 2.12. The van der Waals surface area contributed by atoms with Crippen LogP contribution >= 0.6 is 23.4 Å². The van der Waals surface area contributed by atoms with Crippen molar-refractivity contribution < 1.29 is 9.53 Å². The lowest BCUT2D eigenvalue weighted by Crippen LogP contribution is -2.14. The fourth-order valence-corrected chi connectivity index (χ4v) is 4.18. The SMILES string of the molecule is COc1ccc(NC(=O)CSc2nncn2-c2cccc(Cl)c2)cc1Cc1ccccc1. The largest absolute Gasteiger partial charge is 0.496 e. The van der Waals surface area contributed by atoms with Gasteiger partial charge in [-0.15, -0.1) is 10.2 Å². The standard InChI is InChI=1S/C24H21ClN4O2S/c1-31-22-11-10-20(13-18(22)12-17-6-3-2-4-7-17)27-23(30)15-32-24-28-26-16-29(24)21-9-5-8-19(25)14-21/h2-11,13-14,16H,12,15H2,1H3,(H,27,30). The fourth-order valence-electron chi connectivity index (χ4n) is 3.26. The Kier molecular flexibility index (Phi) is 7.09. The molecule has 0 radical (unpaired) electrons. The van der Waals surface area contributed by atoms with Gasteiger partial charge >= 0.3 is 0 Å². The van der Waals surface area contributed by atoms with Crippen LogP contribution in [0, 0.1) is 0 Å². The van der Waals surface area contributed by atoms with Crippen molar-refractivity contribution in [3.05, 3.63) is 95.3 Å². The third-order valence-corrected chi connectivity index (χ3v) is 5.91. The molecule has 0 aliphatic heterocycles. The van der Waals surface area contributed by atoms with Crippen molar-refractivity contribution in [1.29, 1.82) is 0 Å². The van der Waals surface area contributed by atoms with Crippen molar-refractivity contribution in [3.63, 3.8) is 0 Å². The second kappa shape index (κ2) is 10.3. The highest BCUT2D eigenvalue weighted by atomic mass is 35.5. The number of hydrogen-bond acceptors (Lipinski definition) is 5. The summed E-state index contributed by atoms with van der Waals surface area (Å²) in [5, 5.41) is 12.3. The number of methoxy groups -OCH3 is 1. The molecule has 4 rings (SSSR count). The number of benzene rings is 3. The van der Waals surface area contributed by atoms with Crippen molar-refractivity contribution in [2.24, 2.45) is 0 Å². The van der Waals surface area contributed by atoms with Crippen LogP contribution in [0.5, 0.6) is 5.75 Å². The van der Waals surface area contributed by atoms with Crippen LogP contribution in [-0.2, 0) is 11.2 Å². The van der Waals surface area contributed by atoms with Gasteiger partial charge in [-0.1, -0.05) is 59.8 Å². The Morgan fingerprint density at radius 2 is 1.94 bits per heavy atom. The van der Waals surface area contributed by atoms with Gasteiger partial charge in [-0.2, -0.15) is 0 Å². The summed E-state index contributed by atoms with van der Waals surface area (Å²) in [7, 11) is 1.65. The molecule has 1 amide bonds. The quantitative estimate of drug-likeness (QED) is 0.360. The van der Waals surface area contributed by atoms with Crippen LogP contribution in [0.15, 0.2) is 84.3 Å². The Labute approximate surface area is 195 Å². The van der Waals surface area contributed by atoms with E-state index in [0.717, 1.165) is 22.7 Å². The number of ether oxygens (including phenoxy) is 1. The van der Waals surface area contributed by atoms with Gasteiger partial charge in [0.05, 0.1) is 18.6 Å². The smallest absolute Gasteiger partial charge is 0.234 e. The summed E-state index contributed by atoms with van der Waals surface area (Å²) in [6.07, 6.45) is 2.32. The molecular formula is C24H21ClN4O2S. The molecule has 0 bridgehead atoms. The third kappa shape index (κ3) is 5.49. The van der Waals surface area contributed by atoms with Gasteiger partial charge in [-0.25, -0.2) is 0 Å². The van der Waals surface area contributed by atoms with Crippen molar-refractivity contribution >= 4 is 35.0 Å². The van der Waals surface area contributed by atoms with Crippen molar-refractivity contribution in [3.8, 4) is 11.4 Å². The van der Waals surface area contributed by atoms with E-state index in [0.29, 0.717) is 16.6 Å². The zero-order valence-corrected chi connectivity index (χ0v) is 18.9. The average molecular weight is 465 g/mol. The lowest BCUT2D eigenvalue weighted by atomic mass is 10.0. The lowest BCUT2D eigenvalue weighted by Gasteiger charge is -2.12. The molecule has 1 heterocycles. The first-order chi connectivity index (χ1) is 15.6. The minimum Gasteiger partial charge on any atom is -0.496 e. The molecule has 4 aromatic rings. The molecule has 0 unspecified atom stereocenters. The molecule has 162 valence electrons. The number of carbonyl (C=O) groups is 1. The van der Waals surface area contributed by atoms with Gasteiger partial charge in [0.2, 0.25) is 5.91 Å². The van der Waals surface area contributed by atoms with Crippen molar-refractivity contribution in [2.45, 2.75) is 11.6 Å². The summed E-state index contributed by atoms with van der Waals surface area (Å²) < 4.78 is 7.29. The van der Waals surface area contributed by atoms with Crippen LogP contribution in [0.25, 0.3) is 5.69 Å². The molecule has 1 N–H and O–H groups in total. The first-order valence-electron chi connectivity index (χ1n) is 9.92. The topological polar surface area (TPSA) is 69.0 Å². The van der Waals surface area contributed by atoms with E-state index in [1.165, 1.54) is 17.3 Å². The Morgan fingerprint density at radius 3 is 2.72 bits per heavy atom. The molecule has 8 heteroatoms. The molecule has 6 nitrogen and oxygen atoms in total. The molecule has 0 fully saturated rings. The van der Waals surface area contributed by atoms with Gasteiger partial charge in [0.15, 0.2) is 5.16 Å².